The lowest BCUT2D eigenvalue weighted by Gasteiger charge is -2.34. The van der Waals surface area contributed by atoms with Gasteiger partial charge < -0.3 is 14.7 Å². The summed E-state index contributed by atoms with van der Waals surface area (Å²) in [6.45, 7) is 0.342. The van der Waals surface area contributed by atoms with Crippen molar-refractivity contribution in [1.29, 1.82) is 0 Å². The Morgan fingerprint density at radius 1 is 1.08 bits per heavy atom. The maximum atomic E-state index is 13.6. The molecule has 2 aliphatic rings. The number of aromatic nitrogens is 1. The van der Waals surface area contributed by atoms with E-state index in [0.717, 1.165) is 12.3 Å². The summed E-state index contributed by atoms with van der Waals surface area (Å²) < 4.78 is 124. The molecule has 4 rings (SSSR count). The van der Waals surface area contributed by atoms with Crippen molar-refractivity contribution < 1.29 is 49.4 Å². The summed E-state index contributed by atoms with van der Waals surface area (Å²) in [5.74, 6) is -1.00. The highest BCUT2D eigenvalue weighted by molar-refractivity contribution is 5.67. The van der Waals surface area contributed by atoms with Crippen molar-refractivity contribution in [3.8, 4) is 0 Å². The molecule has 1 N–H and O–H groups in total. The van der Waals surface area contributed by atoms with Gasteiger partial charge in [0.25, 0.3) is 0 Å². The normalized spacial score (nSPS) is 22.7. The molecule has 1 aliphatic heterocycles. The van der Waals surface area contributed by atoms with Crippen LogP contribution in [0.15, 0.2) is 66.1 Å². The van der Waals surface area contributed by atoms with Crippen LogP contribution < -0.4 is 4.90 Å². The van der Waals surface area contributed by atoms with Crippen molar-refractivity contribution in [2.24, 2.45) is 5.92 Å². The molecule has 1 aromatic heterocycles. The van der Waals surface area contributed by atoms with E-state index in [1.54, 1.807) is 18.2 Å². The van der Waals surface area contributed by atoms with Gasteiger partial charge in [-0.3, -0.25) is 4.98 Å². The number of rotatable bonds is 6. The number of hydrogen-bond acceptors (Lipinski definition) is 4. The highest BCUT2D eigenvalue weighted by Gasteiger charge is 2.48. The minimum Gasteiger partial charge on any atom is -0.410 e. The number of fused-ring (bicyclic) bond motifs is 1. The second-order valence-electron chi connectivity index (χ2n) is 9.65. The van der Waals surface area contributed by atoms with Crippen LogP contribution in [0.1, 0.15) is 36.6 Å². The molecule has 212 valence electrons. The molecule has 1 aromatic carbocycles. The van der Waals surface area contributed by atoms with E-state index < -0.39 is 48.4 Å². The maximum absolute atomic E-state index is 13.6. The number of ether oxygens (including phenoxy) is 1. The lowest BCUT2D eigenvalue weighted by atomic mass is 9.71. The second-order valence-corrected chi connectivity index (χ2v) is 9.65. The molecule has 13 heteroatoms. The Morgan fingerprint density at radius 3 is 2.41 bits per heavy atom. The van der Waals surface area contributed by atoms with E-state index in [-0.39, 0.29) is 36.4 Å². The van der Waals surface area contributed by atoms with E-state index in [1.807, 2.05) is 0 Å². The predicted molar refractivity (Wildman–Crippen MR) is 122 cm³/mol. The third kappa shape index (κ3) is 6.18. The Labute approximate surface area is 217 Å². The third-order valence-electron chi connectivity index (χ3n) is 6.88. The van der Waals surface area contributed by atoms with Gasteiger partial charge >= 0.3 is 18.7 Å². The van der Waals surface area contributed by atoms with Gasteiger partial charge in [-0.1, -0.05) is 31.2 Å². The van der Waals surface area contributed by atoms with Crippen molar-refractivity contribution >= 4 is 5.69 Å². The number of pyridine rings is 1. The molecule has 0 bridgehead atoms. The topological polar surface area (TPSA) is 45.6 Å². The van der Waals surface area contributed by atoms with Gasteiger partial charge in [0.2, 0.25) is 0 Å². The minimum atomic E-state index is -4.96. The van der Waals surface area contributed by atoms with Crippen LogP contribution in [0.25, 0.3) is 0 Å². The van der Waals surface area contributed by atoms with E-state index in [0.29, 0.717) is 11.1 Å². The highest BCUT2D eigenvalue weighted by atomic mass is 19.4. The van der Waals surface area contributed by atoms with Crippen LogP contribution >= 0.6 is 0 Å². The molecule has 2 unspecified atom stereocenters. The molecule has 0 radical (unpaired) electrons. The summed E-state index contributed by atoms with van der Waals surface area (Å²) in [5, 5.41) is 9.79. The first-order valence-corrected chi connectivity index (χ1v) is 11.8. The van der Waals surface area contributed by atoms with Gasteiger partial charge in [0.05, 0.1) is 6.54 Å². The largest absolute Gasteiger partial charge is 0.572 e. The summed E-state index contributed by atoms with van der Waals surface area (Å²) in [4.78, 5) is 4.61. The molecule has 3 atom stereocenters. The van der Waals surface area contributed by atoms with Crippen LogP contribution in [-0.4, -0.2) is 41.8 Å². The number of alkyl halides is 9. The fourth-order valence-corrected chi connectivity index (χ4v) is 5.07. The number of aliphatic hydroxyl groups is 1. The fourth-order valence-electron chi connectivity index (χ4n) is 5.07. The zero-order valence-corrected chi connectivity index (χ0v) is 20.3. The quantitative estimate of drug-likeness (QED) is 0.387. The van der Waals surface area contributed by atoms with Crippen molar-refractivity contribution in [1.82, 2.24) is 4.98 Å². The lowest BCUT2D eigenvalue weighted by Crippen LogP contribution is -2.43. The van der Waals surface area contributed by atoms with Gasteiger partial charge in [-0.05, 0) is 53.8 Å². The number of allylic oxidation sites excluding steroid dienone is 4. The Morgan fingerprint density at radius 2 is 1.77 bits per heavy atom. The number of anilines is 1. The van der Waals surface area contributed by atoms with Gasteiger partial charge in [-0.25, -0.2) is 0 Å². The summed E-state index contributed by atoms with van der Waals surface area (Å²) in [7, 11) is 0. The van der Waals surface area contributed by atoms with Crippen LogP contribution in [0.2, 0.25) is 0 Å². The Bertz CT molecular complexity index is 1270. The van der Waals surface area contributed by atoms with Crippen molar-refractivity contribution in [3.05, 3.63) is 82.9 Å². The van der Waals surface area contributed by atoms with Crippen LogP contribution in [-0.2, 0) is 16.3 Å². The van der Waals surface area contributed by atoms with Gasteiger partial charge in [0.1, 0.15) is 11.5 Å². The molecule has 0 saturated carbocycles. The van der Waals surface area contributed by atoms with E-state index in [1.165, 1.54) is 36.1 Å². The zero-order valence-electron chi connectivity index (χ0n) is 20.3. The summed E-state index contributed by atoms with van der Waals surface area (Å²) >= 11 is 0. The van der Waals surface area contributed by atoms with Crippen LogP contribution in [0, 0.1) is 5.92 Å². The van der Waals surface area contributed by atoms with Crippen LogP contribution in [0.3, 0.4) is 0 Å². The lowest BCUT2D eigenvalue weighted by molar-refractivity contribution is -0.308. The molecule has 2 aromatic rings. The van der Waals surface area contributed by atoms with Gasteiger partial charge in [0.15, 0.2) is 6.10 Å². The molecule has 1 aliphatic carbocycles. The Balaban J connectivity index is 1.84. The minimum absolute atomic E-state index is 0.0625. The SMILES string of the molecule is CC1CC=C(CC2(c3ccnc(C(F)(F)F)c3)CN(C[C@@H](O)C(F)(F)F)c3ccccc32)C=C1OC(F)(F)F. The summed E-state index contributed by atoms with van der Waals surface area (Å²) in [6, 6.07) is 8.23. The molecule has 0 saturated heterocycles. The van der Waals surface area contributed by atoms with E-state index >= 15 is 0 Å². The van der Waals surface area contributed by atoms with Gasteiger partial charge in [0, 0.05) is 29.8 Å². The highest BCUT2D eigenvalue weighted by Crippen LogP contribution is 2.50. The maximum Gasteiger partial charge on any atom is 0.572 e. The van der Waals surface area contributed by atoms with Gasteiger partial charge in [-0.15, -0.1) is 13.2 Å². The average Bonchev–Trinajstić information content (AvgIpc) is 3.13. The number of para-hydroxylation sites is 1. The van der Waals surface area contributed by atoms with Crippen molar-refractivity contribution in [2.75, 3.05) is 18.0 Å². The molecular weight excluding hydrogens is 543 g/mol. The zero-order chi connectivity index (χ0) is 28.8. The number of halogens is 9. The molecule has 0 fully saturated rings. The Kier molecular flexibility index (Phi) is 7.43. The molecular formula is C26H23F9N2O2. The number of hydrogen-bond donors (Lipinski definition) is 1. The predicted octanol–water partition coefficient (Wildman–Crippen LogP) is 6.91. The Hall–Kier alpha value is -3.22. The van der Waals surface area contributed by atoms with Crippen LogP contribution in [0.4, 0.5) is 45.2 Å². The van der Waals surface area contributed by atoms with Crippen LogP contribution in [0.5, 0.6) is 0 Å². The van der Waals surface area contributed by atoms with Crippen molar-refractivity contribution in [2.45, 2.75) is 50.0 Å². The average molecular weight is 566 g/mol. The molecule has 2 heterocycles. The monoisotopic (exact) mass is 566 g/mol. The smallest absolute Gasteiger partial charge is 0.410 e. The standard InChI is InChI=1S/C26H23F9N2O2/c1-15-6-7-16(10-20(15)39-26(33,34)35)12-23(17-8-9-36-21(11-17)24(27,28)29)14-37(13-22(38)25(30,31)32)19-5-3-2-4-18(19)23/h2-5,7-11,15,22,38H,6,12-14H2,1H3/t15?,22-,23?/m1/s1. The number of nitrogens with zero attached hydrogens (tertiary/aromatic N) is 2. The summed E-state index contributed by atoms with van der Waals surface area (Å²) in [6.07, 6.45) is -13.7. The van der Waals surface area contributed by atoms with E-state index in [4.69, 9.17) is 0 Å². The molecule has 4 nitrogen and oxygen atoms in total. The molecule has 39 heavy (non-hydrogen) atoms. The number of β-amino-alcohol motifs (C(OH)–C–C–N with tert-alkyl or cyclic N) is 1. The first-order chi connectivity index (χ1) is 18.0. The fraction of sp³-hybridized carbons (Fsp3) is 0.423. The first kappa shape index (κ1) is 28.8. The first-order valence-electron chi connectivity index (χ1n) is 11.8. The van der Waals surface area contributed by atoms with Gasteiger partial charge in [-0.2, -0.15) is 26.3 Å². The van der Waals surface area contributed by atoms with E-state index in [9.17, 15) is 44.6 Å². The number of aliphatic hydroxyl groups excluding tert-OH is 1. The third-order valence-corrected chi connectivity index (χ3v) is 6.88. The van der Waals surface area contributed by atoms with Crippen molar-refractivity contribution in [3.63, 3.8) is 0 Å². The second kappa shape index (κ2) is 10.1. The number of benzene rings is 1. The molecule has 0 amide bonds. The summed E-state index contributed by atoms with van der Waals surface area (Å²) in [5.41, 5.74) is -1.65. The van der Waals surface area contributed by atoms with E-state index in [2.05, 4.69) is 9.72 Å². The molecule has 0 spiro atoms.